The number of aromatic hydroxyl groups is 1. The maximum atomic E-state index is 12.5. The number of para-hydroxylation sites is 1. The van der Waals surface area contributed by atoms with Gasteiger partial charge in [-0.3, -0.25) is 4.79 Å². The summed E-state index contributed by atoms with van der Waals surface area (Å²) in [6, 6.07) is 14.0. The lowest BCUT2D eigenvalue weighted by Gasteiger charge is -2.22. The van der Waals surface area contributed by atoms with Crippen molar-refractivity contribution in [3.05, 3.63) is 59.2 Å². The summed E-state index contributed by atoms with van der Waals surface area (Å²) < 4.78 is 5.06. The average Bonchev–Trinajstić information content (AvgIpc) is 2.63. The molecule has 0 atom stereocenters. The van der Waals surface area contributed by atoms with E-state index in [0.717, 1.165) is 5.56 Å². The van der Waals surface area contributed by atoms with Crippen LogP contribution in [-0.4, -0.2) is 30.1 Å². The number of carbonyl (C=O) groups is 2. The van der Waals surface area contributed by atoms with Crippen molar-refractivity contribution in [2.24, 2.45) is 0 Å². The lowest BCUT2D eigenvalue weighted by atomic mass is 10.1. The fourth-order valence-corrected chi connectivity index (χ4v) is 2.39. The molecule has 0 saturated heterocycles. The van der Waals surface area contributed by atoms with Crippen molar-refractivity contribution in [2.45, 2.75) is 20.3 Å². The Morgan fingerprint density at radius 2 is 1.85 bits per heavy atom. The monoisotopic (exact) mass is 352 g/mol. The average molecular weight is 352 g/mol. The second kappa shape index (κ2) is 8.67. The van der Waals surface area contributed by atoms with Crippen LogP contribution in [0.2, 0.25) is 0 Å². The number of rotatable bonds is 6. The van der Waals surface area contributed by atoms with Crippen LogP contribution in [0.15, 0.2) is 42.5 Å². The highest BCUT2D eigenvalue weighted by Gasteiger charge is 2.20. The van der Waals surface area contributed by atoms with Gasteiger partial charge < -0.3 is 14.7 Å². The normalized spacial score (nSPS) is 10.0. The molecule has 0 fully saturated rings. The van der Waals surface area contributed by atoms with Gasteiger partial charge in [-0.25, -0.2) is 4.79 Å². The first-order valence-corrected chi connectivity index (χ1v) is 8.13. The minimum absolute atomic E-state index is 0.0108. The third-order valence-corrected chi connectivity index (χ3v) is 3.88. The fraction of sp³-hybridized carbons (Fsp3) is 0.250. The molecule has 1 amide bonds. The van der Waals surface area contributed by atoms with Crippen LogP contribution in [0.3, 0.4) is 0 Å². The van der Waals surface area contributed by atoms with Gasteiger partial charge in [0.05, 0.1) is 12.5 Å². The number of ether oxygens (including phenoxy) is 1. The molecule has 6 nitrogen and oxygen atoms in total. The number of nitriles is 1. The number of phenolic OH excluding ortho intramolecular Hbond substituents is 1. The van der Waals surface area contributed by atoms with Crippen LogP contribution < -0.4 is 4.90 Å². The van der Waals surface area contributed by atoms with Crippen molar-refractivity contribution < 1.29 is 19.4 Å². The molecule has 26 heavy (non-hydrogen) atoms. The molecule has 0 spiro atoms. The lowest BCUT2D eigenvalue weighted by Crippen LogP contribution is -2.35. The molecular formula is C20H20N2O4. The summed E-state index contributed by atoms with van der Waals surface area (Å²) in [6.45, 7) is 3.32. The second-order valence-corrected chi connectivity index (χ2v) is 5.84. The summed E-state index contributed by atoms with van der Waals surface area (Å²) >= 11 is 0. The van der Waals surface area contributed by atoms with Gasteiger partial charge in [-0.15, -0.1) is 0 Å². The van der Waals surface area contributed by atoms with E-state index in [2.05, 4.69) is 0 Å². The van der Waals surface area contributed by atoms with Gasteiger partial charge in [0.2, 0.25) is 0 Å². The summed E-state index contributed by atoms with van der Waals surface area (Å²) in [5.74, 6) is -1.38. The van der Waals surface area contributed by atoms with E-state index >= 15 is 0 Å². The van der Waals surface area contributed by atoms with Crippen LogP contribution in [0.25, 0.3) is 0 Å². The Morgan fingerprint density at radius 1 is 1.15 bits per heavy atom. The predicted octanol–water partition coefficient (Wildman–Crippen LogP) is 3.11. The van der Waals surface area contributed by atoms with Gasteiger partial charge in [-0.05, 0) is 37.6 Å². The highest BCUT2D eigenvalue weighted by molar-refractivity contribution is 5.98. The largest absolute Gasteiger partial charge is 0.507 e. The maximum absolute atomic E-state index is 12.5. The lowest BCUT2D eigenvalue weighted by molar-refractivity contribution is -0.121. The minimum atomic E-state index is -0.774. The summed E-state index contributed by atoms with van der Waals surface area (Å²) in [5.41, 5.74) is 2.23. The molecule has 0 bridgehead atoms. The van der Waals surface area contributed by atoms with Crippen LogP contribution in [0.4, 0.5) is 5.69 Å². The van der Waals surface area contributed by atoms with Crippen molar-refractivity contribution in [1.82, 2.24) is 0 Å². The van der Waals surface area contributed by atoms with E-state index in [9.17, 15) is 14.7 Å². The molecule has 134 valence electrons. The summed E-state index contributed by atoms with van der Waals surface area (Å²) in [6.07, 6.45) is 0.159. The van der Waals surface area contributed by atoms with Crippen molar-refractivity contribution in [3.63, 3.8) is 0 Å². The molecule has 6 heteroatoms. The molecular weight excluding hydrogens is 332 g/mol. The van der Waals surface area contributed by atoms with E-state index in [4.69, 9.17) is 10.00 Å². The molecule has 2 aromatic rings. The number of carbonyl (C=O) groups excluding carboxylic acids is 2. The molecule has 0 radical (unpaired) electrons. The third kappa shape index (κ3) is 4.61. The molecule has 0 saturated carbocycles. The number of phenols is 1. The molecule has 0 aromatic heterocycles. The molecule has 2 rings (SSSR count). The summed E-state index contributed by atoms with van der Waals surface area (Å²) in [5, 5.41) is 18.7. The highest BCUT2D eigenvalue weighted by Crippen LogP contribution is 2.22. The summed E-state index contributed by atoms with van der Waals surface area (Å²) in [7, 11) is 0. The number of hydrogen-bond donors (Lipinski definition) is 1. The summed E-state index contributed by atoms with van der Waals surface area (Å²) in [4.78, 5) is 26.0. The maximum Gasteiger partial charge on any atom is 0.342 e. The molecule has 0 aliphatic carbocycles. The Labute approximate surface area is 152 Å². The van der Waals surface area contributed by atoms with Crippen molar-refractivity contribution in [3.8, 4) is 11.8 Å². The number of nitrogens with zero attached hydrogens (tertiary/aromatic N) is 2. The van der Waals surface area contributed by atoms with Gasteiger partial charge >= 0.3 is 5.97 Å². The topological polar surface area (TPSA) is 90.6 Å². The zero-order valence-electron chi connectivity index (χ0n) is 14.7. The number of hydrogen-bond acceptors (Lipinski definition) is 5. The zero-order valence-corrected chi connectivity index (χ0v) is 14.7. The molecule has 0 heterocycles. The van der Waals surface area contributed by atoms with E-state index in [1.54, 1.807) is 31.2 Å². The van der Waals surface area contributed by atoms with Crippen molar-refractivity contribution in [2.75, 3.05) is 18.1 Å². The Morgan fingerprint density at radius 3 is 2.50 bits per heavy atom. The van der Waals surface area contributed by atoms with Gasteiger partial charge in [-0.1, -0.05) is 29.8 Å². The molecule has 2 aromatic carbocycles. The Hall–Kier alpha value is -3.33. The number of esters is 1. The van der Waals surface area contributed by atoms with Gasteiger partial charge in [0.1, 0.15) is 11.3 Å². The van der Waals surface area contributed by atoms with E-state index < -0.39 is 18.5 Å². The quantitative estimate of drug-likeness (QED) is 0.807. The zero-order chi connectivity index (χ0) is 19.1. The first-order chi connectivity index (χ1) is 12.4. The van der Waals surface area contributed by atoms with Crippen molar-refractivity contribution >= 4 is 17.6 Å². The number of anilines is 1. The SMILES string of the molecule is Cc1ccc(N(CCC#N)C(=O)COC(=O)c2cccc(C)c2O)cc1. The molecule has 0 aliphatic heterocycles. The minimum Gasteiger partial charge on any atom is -0.507 e. The Kier molecular flexibility index (Phi) is 6.34. The fourth-order valence-electron chi connectivity index (χ4n) is 2.39. The van der Waals surface area contributed by atoms with Crippen LogP contribution in [0, 0.1) is 25.2 Å². The van der Waals surface area contributed by atoms with Crippen molar-refractivity contribution in [1.29, 1.82) is 5.26 Å². The number of aryl methyl sites for hydroxylation is 2. The highest BCUT2D eigenvalue weighted by atomic mass is 16.5. The number of benzene rings is 2. The van der Waals surface area contributed by atoms with E-state index in [0.29, 0.717) is 11.3 Å². The Bertz CT molecular complexity index is 838. The number of amides is 1. The van der Waals surface area contributed by atoms with Gasteiger partial charge in [0, 0.05) is 12.2 Å². The van der Waals surface area contributed by atoms with Crippen LogP contribution in [0.5, 0.6) is 5.75 Å². The van der Waals surface area contributed by atoms with E-state index in [1.807, 2.05) is 25.1 Å². The molecule has 1 N–H and O–H groups in total. The standard InChI is InChI=1S/C20H20N2O4/c1-14-7-9-16(10-8-14)22(12-4-11-21)18(23)13-26-20(25)17-6-3-5-15(2)19(17)24/h3,5-10,24H,4,12-13H2,1-2H3. The first-order valence-electron chi connectivity index (χ1n) is 8.13. The Balaban J connectivity index is 2.09. The second-order valence-electron chi connectivity index (χ2n) is 5.84. The van der Waals surface area contributed by atoms with Crippen LogP contribution in [-0.2, 0) is 9.53 Å². The molecule has 0 unspecified atom stereocenters. The third-order valence-electron chi connectivity index (χ3n) is 3.88. The van der Waals surface area contributed by atoms with E-state index in [-0.39, 0.29) is 24.3 Å². The van der Waals surface area contributed by atoms with E-state index in [1.165, 1.54) is 11.0 Å². The smallest absolute Gasteiger partial charge is 0.342 e. The first kappa shape index (κ1) is 19.0. The van der Waals surface area contributed by atoms with Crippen LogP contribution >= 0.6 is 0 Å². The van der Waals surface area contributed by atoms with Gasteiger partial charge in [-0.2, -0.15) is 5.26 Å². The predicted molar refractivity (Wildman–Crippen MR) is 96.9 cm³/mol. The van der Waals surface area contributed by atoms with Gasteiger partial charge in [0.25, 0.3) is 5.91 Å². The van der Waals surface area contributed by atoms with Crippen LogP contribution in [0.1, 0.15) is 27.9 Å². The molecule has 0 aliphatic rings. The van der Waals surface area contributed by atoms with Gasteiger partial charge in [0.15, 0.2) is 6.61 Å².